The van der Waals surface area contributed by atoms with E-state index in [1.165, 1.54) is 24.3 Å². The fourth-order valence-electron chi connectivity index (χ4n) is 2.56. The maximum atomic E-state index is 12.4. The number of hydrogen-bond acceptors (Lipinski definition) is 4. The largest absolute Gasteiger partial charge is 0.548 e. The molecule has 2 aromatic carbocycles. The molecule has 0 saturated heterocycles. The van der Waals surface area contributed by atoms with Gasteiger partial charge in [0.2, 0.25) is 10.0 Å². The second-order valence-electron chi connectivity index (χ2n) is 5.51. The summed E-state index contributed by atoms with van der Waals surface area (Å²) in [4.78, 5) is 14.4. The molecule has 3 rings (SSSR count). The van der Waals surface area contributed by atoms with Crippen molar-refractivity contribution in [2.24, 2.45) is 0 Å². The van der Waals surface area contributed by atoms with Crippen LogP contribution in [0.4, 0.5) is 0 Å². The van der Waals surface area contributed by atoms with Gasteiger partial charge in [0.1, 0.15) is 0 Å². The van der Waals surface area contributed by atoms with Crippen molar-refractivity contribution in [2.45, 2.75) is 17.4 Å². The second-order valence-corrected chi connectivity index (χ2v) is 7.66. The van der Waals surface area contributed by atoms with Gasteiger partial charge in [-0.3, -0.25) is 0 Å². The van der Waals surface area contributed by atoms with Gasteiger partial charge in [-0.05, 0) is 42.3 Å². The van der Waals surface area contributed by atoms with Gasteiger partial charge in [-0.2, -0.15) is 0 Å². The Morgan fingerprint density at radius 2 is 1.84 bits per heavy atom. The molecule has 25 heavy (non-hydrogen) atoms. The van der Waals surface area contributed by atoms with Crippen molar-refractivity contribution in [1.82, 2.24) is 9.71 Å². The zero-order valence-electron chi connectivity index (χ0n) is 12.9. The fraction of sp³-hybridized carbons (Fsp3) is 0.118. The van der Waals surface area contributed by atoms with E-state index in [-0.39, 0.29) is 11.3 Å². The highest BCUT2D eigenvalue weighted by molar-refractivity contribution is 7.89. The Bertz CT molecular complexity index is 1010. The summed E-state index contributed by atoms with van der Waals surface area (Å²) >= 11 is 5.75. The normalized spacial score (nSPS) is 13.0. The van der Waals surface area contributed by atoms with Crippen molar-refractivity contribution in [3.8, 4) is 0 Å². The van der Waals surface area contributed by atoms with Crippen LogP contribution in [0.3, 0.4) is 0 Å². The van der Waals surface area contributed by atoms with Crippen LogP contribution in [-0.2, 0) is 21.2 Å². The minimum Gasteiger partial charge on any atom is -0.548 e. The van der Waals surface area contributed by atoms with Crippen LogP contribution in [-0.4, -0.2) is 25.4 Å². The first-order chi connectivity index (χ1) is 11.9. The van der Waals surface area contributed by atoms with E-state index in [0.717, 1.165) is 10.9 Å². The van der Waals surface area contributed by atoms with Crippen molar-refractivity contribution >= 4 is 38.5 Å². The van der Waals surface area contributed by atoms with Gasteiger partial charge in [0.05, 0.1) is 16.9 Å². The van der Waals surface area contributed by atoms with Gasteiger partial charge in [-0.1, -0.05) is 29.8 Å². The summed E-state index contributed by atoms with van der Waals surface area (Å²) in [6.45, 7) is 0. The number of carbonyl (C=O) groups is 1. The third-order valence-corrected chi connectivity index (χ3v) is 5.54. The Morgan fingerprint density at radius 1 is 1.16 bits per heavy atom. The Labute approximate surface area is 149 Å². The molecule has 1 heterocycles. The third kappa shape index (κ3) is 3.84. The number of halogens is 1. The number of para-hydroxylation sites is 1. The molecule has 2 N–H and O–H groups in total. The summed E-state index contributed by atoms with van der Waals surface area (Å²) in [5.74, 6) is -1.50. The van der Waals surface area contributed by atoms with Gasteiger partial charge in [-0.15, -0.1) is 0 Å². The summed E-state index contributed by atoms with van der Waals surface area (Å²) in [5, 5.41) is 12.7. The van der Waals surface area contributed by atoms with E-state index >= 15 is 0 Å². The van der Waals surface area contributed by atoms with Gasteiger partial charge < -0.3 is 14.9 Å². The van der Waals surface area contributed by atoms with Crippen LogP contribution in [0, 0.1) is 0 Å². The van der Waals surface area contributed by atoms with Crippen molar-refractivity contribution in [2.75, 3.05) is 0 Å². The molecule has 0 radical (unpaired) electrons. The quantitative estimate of drug-likeness (QED) is 0.678. The number of carboxylic acids is 1. The number of aliphatic carboxylic acids is 1. The number of sulfonamides is 1. The molecule has 0 fully saturated rings. The van der Waals surface area contributed by atoms with Gasteiger partial charge in [0.25, 0.3) is 0 Å². The molecule has 0 amide bonds. The lowest BCUT2D eigenvalue weighted by atomic mass is 10.1. The summed E-state index contributed by atoms with van der Waals surface area (Å²) in [6.07, 6.45) is 1.62. The lowest BCUT2D eigenvalue weighted by molar-refractivity contribution is -0.307. The highest BCUT2D eigenvalue weighted by atomic mass is 35.5. The summed E-state index contributed by atoms with van der Waals surface area (Å²) in [7, 11) is -4.02. The number of aromatic amines is 1. The Morgan fingerprint density at radius 3 is 2.52 bits per heavy atom. The van der Waals surface area contributed by atoms with Gasteiger partial charge in [0, 0.05) is 22.1 Å². The lowest BCUT2D eigenvalue weighted by Gasteiger charge is -2.19. The van der Waals surface area contributed by atoms with Crippen LogP contribution in [0.15, 0.2) is 59.6 Å². The van der Waals surface area contributed by atoms with Gasteiger partial charge in [0.15, 0.2) is 0 Å². The van der Waals surface area contributed by atoms with Crippen LogP contribution in [0.5, 0.6) is 0 Å². The minimum absolute atomic E-state index is 0.0425. The lowest BCUT2D eigenvalue weighted by Crippen LogP contribution is -2.49. The van der Waals surface area contributed by atoms with E-state index in [1.807, 2.05) is 24.3 Å². The number of hydrogen-bond donors (Lipinski definition) is 2. The molecule has 6 nitrogen and oxygen atoms in total. The number of carboxylic acid groups (broad SMARTS) is 1. The zero-order chi connectivity index (χ0) is 18.0. The molecule has 3 aromatic rings. The Balaban J connectivity index is 1.86. The van der Waals surface area contributed by atoms with Crippen molar-refractivity contribution in [3.63, 3.8) is 0 Å². The Hall–Kier alpha value is -2.35. The number of nitrogens with one attached hydrogen (secondary N) is 2. The molecule has 130 valence electrons. The van der Waals surface area contributed by atoms with Crippen molar-refractivity contribution in [1.29, 1.82) is 0 Å². The average molecular weight is 378 g/mol. The molecule has 1 unspecified atom stereocenters. The molecule has 0 aliphatic rings. The second kappa shape index (κ2) is 6.87. The van der Waals surface area contributed by atoms with Gasteiger partial charge >= 0.3 is 0 Å². The highest BCUT2D eigenvalue weighted by Crippen LogP contribution is 2.20. The molecule has 0 bridgehead atoms. The topological polar surface area (TPSA) is 102 Å². The molecule has 8 heteroatoms. The Kier molecular flexibility index (Phi) is 4.80. The molecule has 1 aromatic heterocycles. The summed E-state index contributed by atoms with van der Waals surface area (Å²) < 4.78 is 27.0. The summed E-state index contributed by atoms with van der Waals surface area (Å²) in [6, 6.07) is 11.4. The number of H-pyrrole nitrogens is 1. The monoisotopic (exact) mass is 377 g/mol. The van der Waals surface area contributed by atoms with Crippen LogP contribution in [0.1, 0.15) is 5.56 Å². The van der Waals surface area contributed by atoms with E-state index in [9.17, 15) is 18.3 Å². The number of benzene rings is 2. The van der Waals surface area contributed by atoms with E-state index in [4.69, 9.17) is 11.6 Å². The van der Waals surface area contributed by atoms with E-state index in [1.54, 1.807) is 6.20 Å². The van der Waals surface area contributed by atoms with Crippen LogP contribution in [0.25, 0.3) is 10.9 Å². The van der Waals surface area contributed by atoms with Crippen LogP contribution >= 0.6 is 11.6 Å². The predicted molar refractivity (Wildman–Crippen MR) is 92.6 cm³/mol. The molecular weight excluding hydrogens is 364 g/mol. The maximum absolute atomic E-state index is 12.4. The average Bonchev–Trinajstić information content (AvgIpc) is 2.97. The minimum atomic E-state index is -4.02. The molecule has 0 aliphatic carbocycles. The van der Waals surface area contributed by atoms with Gasteiger partial charge in [-0.25, -0.2) is 13.1 Å². The van der Waals surface area contributed by atoms with Crippen molar-refractivity contribution in [3.05, 3.63) is 65.3 Å². The maximum Gasteiger partial charge on any atom is 0.241 e. The fourth-order valence-corrected chi connectivity index (χ4v) is 3.87. The van der Waals surface area contributed by atoms with Crippen molar-refractivity contribution < 1.29 is 18.3 Å². The molecule has 0 spiro atoms. The first-order valence-electron chi connectivity index (χ1n) is 7.40. The first kappa shape index (κ1) is 17.5. The summed E-state index contributed by atoms with van der Waals surface area (Å²) in [5.41, 5.74) is 1.53. The number of aromatic nitrogens is 1. The van der Waals surface area contributed by atoms with E-state index in [2.05, 4.69) is 9.71 Å². The number of fused-ring (bicyclic) bond motifs is 1. The molecule has 0 aliphatic heterocycles. The van der Waals surface area contributed by atoms with Crippen LogP contribution in [0.2, 0.25) is 5.02 Å². The predicted octanol–water partition coefficient (Wildman–Crippen LogP) is 1.46. The van der Waals surface area contributed by atoms with E-state index < -0.39 is 22.0 Å². The SMILES string of the molecule is O=C([O-])C(Cc1c[nH]c2ccccc12)NS(=O)(=O)c1ccc(Cl)cc1. The molecule has 0 saturated carbocycles. The third-order valence-electron chi connectivity index (χ3n) is 3.80. The molecular formula is C17H14ClN2O4S-. The highest BCUT2D eigenvalue weighted by Gasteiger charge is 2.22. The smallest absolute Gasteiger partial charge is 0.241 e. The number of carbonyl (C=O) groups excluding carboxylic acids is 1. The van der Waals surface area contributed by atoms with Crippen LogP contribution < -0.4 is 9.83 Å². The standard InChI is InChI=1S/C17H15ClN2O4S/c18-12-5-7-13(8-6-12)25(23,24)20-16(17(21)22)9-11-10-19-15-4-2-1-3-14(11)15/h1-8,10,16,19-20H,9H2,(H,21,22)/p-1. The number of rotatable bonds is 6. The van der Waals surface area contributed by atoms with E-state index in [0.29, 0.717) is 10.6 Å². The zero-order valence-corrected chi connectivity index (χ0v) is 14.5. The molecule has 1 atom stereocenters. The first-order valence-corrected chi connectivity index (χ1v) is 9.27.